The molecule has 6 heteroatoms. The molecule has 1 heterocycles. The number of benzene rings is 2. The molecule has 0 saturated carbocycles. The van der Waals surface area contributed by atoms with Crippen LogP contribution in [0, 0.1) is 0 Å². The third kappa shape index (κ3) is 3.38. The van der Waals surface area contributed by atoms with E-state index < -0.39 is 0 Å². The molecule has 0 fully saturated rings. The number of aryl methyl sites for hydroxylation is 1. The van der Waals surface area contributed by atoms with E-state index in [-0.39, 0.29) is 24.0 Å². The number of hydrogen-bond donors (Lipinski definition) is 0. The molecule has 1 aromatic heterocycles. The Bertz CT molecular complexity index is 812. The molecule has 0 spiro atoms. The van der Waals surface area contributed by atoms with Gasteiger partial charge in [0.2, 0.25) is 0 Å². The van der Waals surface area contributed by atoms with E-state index in [1.54, 1.807) is 14.2 Å². The quantitative estimate of drug-likeness (QED) is 0.412. The summed E-state index contributed by atoms with van der Waals surface area (Å²) in [6, 6.07) is 15.9. The van der Waals surface area contributed by atoms with Crippen LogP contribution in [0.5, 0.6) is 11.5 Å². The Morgan fingerprint density at radius 3 is 1.75 bits per heavy atom. The molecule has 5 nitrogen and oxygen atoms in total. The normalized spacial score (nSPS) is 10.2. The van der Waals surface area contributed by atoms with Crippen LogP contribution >= 0.6 is 0 Å². The summed E-state index contributed by atoms with van der Waals surface area (Å²) in [6.45, 7) is 0. The van der Waals surface area contributed by atoms with E-state index in [0.717, 1.165) is 34.3 Å². The Morgan fingerprint density at radius 1 is 0.833 bits per heavy atom. The minimum absolute atomic E-state index is 0. The van der Waals surface area contributed by atoms with Crippen molar-refractivity contribution in [1.82, 2.24) is 9.78 Å². The summed E-state index contributed by atoms with van der Waals surface area (Å²) in [5, 5.41) is 4.66. The highest BCUT2D eigenvalue weighted by atomic mass is 127. The third-order valence-electron chi connectivity index (χ3n) is 3.88. The van der Waals surface area contributed by atoms with Crippen LogP contribution in [-0.2, 0) is 14.1 Å². The number of halogens is 1. The highest BCUT2D eigenvalue weighted by Crippen LogP contribution is 2.23. The molecule has 0 amide bonds. The van der Waals surface area contributed by atoms with Gasteiger partial charge in [-0.3, -0.25) is 0 Å². The lowest BCUT2D eigenvalue weighted by atomic mass is 10.2. The third-order valence-corrected chi connectivity index (χ3v) is 3.88. The minimum atomic E-state index is 0. The molecule has 0 N–H and O–H groups in total. The Kier molecular flexibility index (Phi) is 5.82. The van der Waals surface area contributed by atoms with Gasteiger partial charge in [-0.2, -0.15) is 0 Å². The number of hydrogen-bond acceptors (Lipinski definition) is 3. The van der Waals surface area contributed by atoms with E-state index in [2.05, 4.69) is 9.67 Å². The zero-order chi connectivity index (χ0) is 16.4. The Morgan fingerprint density at radius 2 is 1.29 bits per heavy atom. The zero-order valence-electron chi connectivity index (χ0n) is 14.2. The van der Waals surface area contributed by atoms with Gasteiger partial charge in [0, 0.05) is 5.10 Å². The smallest absolute Gasteiger partial charge is 0.309 e. The van der Waals surface area contributed by atoms with Gasteiger partial charge < -0.3 is 33.5 Å². The topological polar surface area (TPSA) is 40.2 Å². The predicted molar refractivity (Wildman–Crippen MR) is 88.4 cm³/mol. The van der Waals surface area contributed by atoms with Crippen LogP contribution in [0.25, 0.3) is 22.8 Å². The molecule has 3 aromatic rings. The number of methoxy groups -OCH3 is 2. The van der Waals surface area contributed by atoms with Crippen LogP contribution in [0.3, 0.4) is 0 Å². The molecule has 2 aromatic carbocycles. The van der Waals surface area contributed by atoms with Crippen molar-refractivity contribution in [2.45, 2.75) is 0 Å². The number of rotatable bonds is 4. The van der Waals surface area contributed by atoms with Gasteiger partial charge >= 0.3 is 5.82 Å². The van der Waals surface area contributed by atoms with E-state index in [1.807, 2.05) is 67.3 Å². The summed E-state index contributed by atoms with van der Waals surface area (Å²) in [4.78, 5) is 0. The summed E-state index contributed by atoms with van der Waals surface area (Å²) >= 11 is 0. The van der Waals surface area contributed by atoms with Crippen molar-refractivity contribution in [2.24, 2.45) is 14.1 Å². The van der Waals surface area contributed by atoms with Gasteiger partial charge in [0.1, 0.15) is 11.5 Å². The van der Waals surface area contributed by atoms with Gasteiger partial charge in [-0.25, -0.2) is 4.57 Å². The second kappa shape index (κ2) is 7.65. The second-order valence-corrected chi connectivity index (χ2v) is 5.29. The number of aromatic nitrogens is 3. The molecule has 126 valence electrons. The molecule has 0 bridgehead atoms. The fourth-order valence-corrected chi connectivity index (χ4v) is 2.69. The molecule has 3 rings (SSSR count). The fraction of sp³-hybridized carbons (Fsp3) is 0.222. The van der Waals surface area contributed by atoms with Gasteiger partial charge in [0.25, 0.3) is 5.82 Å². The molecule has 0 aliphatic carbocycles. The molecule has 0 aliphatic heterocycles. The summed E-state index contributed by atoms with van der Waals surface area (Å²) in [5.41, 5.74) is 2.13. The summed E-state index contributed by atoms with van der Waals surface area (Å²) in [5.74, 6) is 3.61. The van der Waals surface area contributed by atoms with Crippen LogP contribution in [0.15, 0.2) is 48.5 Å². The van der Waals surface area contributed by atoms with Gasteiger partial charge in [0.05, 0.1) is 39.4 Å². The molecule has 24 heavy (non-hydrogen) atoms. The molecular formula is C18H20IN3O2. The first-order valence-electron chi connectivity index (χ1n) is 7.36. The lowest BCUT2D eigenvalue weighted by Gasteiger charge is -2.02. The van der Waals surface area contributed by atoms with Crippen LogP contribution < -0.4 is 38.0 Å². The van der Waals surface area contributed by atoms with Crippen molar-refractivity contribution in [3.05, 3.63) is 48.5 Å². The Hall–Kier alpha value is -2.09. The van der Waals surface area contributed by atoms with Gasteiger partial charge in [-0.05, 0) is 48.5 Å². The van der Waals surface area contributed by atoms with E-state index in [4.69, 9.17) is 9.47 Å². The van der Waals surface area contributed by atoms with Crippen LogP contribution in [0.2, 0.25) is 0 Å². The average Bonchev–Trinajstić information content (AvgIpc) is 2.89. The van der Waals surface area contributed by atoms with Crippen molar-refractivity contribution in [3.63, 3.8) is 0 Å². The summed E-state index contributed by atoms with van der Waals surface area (Å²) in [7, 11) is 7.30. The van der Waals surface area contributed by atoms with Crippen LogP contribution in [0.1, 0.15) is 0 Å². The molecular weight excluding hydrogens is 417 g/mol. The molecule has 0 aliphatic rings. The SMILES string of the molecule is COc1ccc(-c2nn(C)c(-c3ccc(OC)cc3)[n+]2C)cc1.[I-]. The maximum atomic E-state index is 5.22. The first-order chi connectivity index (χ1) is 11.1. The standard InChI is InChI=1S/C18H20N3O2.HI/c1-20-17(13-5-9-15(22-3)10-6-13)19-21(2)18(20)14-7-11-16(23-4)12-8-14;/h5-12H,1-4H3;1H/q+1;/p-1. The molecule has 0 unspecified atom stereocenters. The Labute approximate surface area is 158 Å². The first-order valence-corrected chi connectivity index (χ1v) is 7.36. The fourth-order valence-electron chi connectivity index (χ4n) is 2.69. The molecule has 0 atom stereocenters. The second-order valence-electron chi connectivity index (χ2n) is 5.29. The van der Waals surface area contributed by atoms with Gasteiger partial charge in [0.15, 0.2) is 0 Å². The highest BCUT2D eigenvalue weighted by Gasteiger charge is 2.23. The highest BCUT2D eigenvalue weighted by molar-refractivity contribution is 5.58. The van der Waals surface area contributed by atoms with E-state index >= 15 is 0 Å². The van der Waals surface area contributed by atoms with Crippen LogP contribution in [-0.4, -0.2) is 24.0 Å². The molecule has 0 saturated heterocycles. The maximum absolute atomic E-state index is 5.22. The van der Waals surface area contributed by atoms with E-state index in [0.29, 0.717) is 0 Å². The number of nitrogens with zero attached hydrogens (tertiary/aromatic N) is 3. The van der Waals surface area contributed by atoms with Crippen molar-refractivity contribution in [1.29, 1.82) is 0 Å². The first kappa shape index (κ1) is 18.3. The number of ether oxygens (including phenoxy) is 2. The lowest BCUT2D eigenvalue weighted by Crippen LogP contribution is -3.00. The van der Waals surface area contributed by atoms with Crippen LogP contribution in [0.4, 0.5) is 0 Å². The van der Waals surface area contributed by atoms with Crippen molar-refractivity contribution >= 4 is 0 Å². The van der Waals surface area contributed by atoms with Gasteiger partial charge in [-0.1, -0.05) is 0 Å². The molecule has 0 radical (unpaired) electrons. The van der Waals surface area contributed by atoms with Crippen molar-refractivity contribution in [2.75, 3.05) is 14.2 Å². The monoisotopic (exact) mass is 437 g/mol. The van der Waals surface area contributed by atoms with Crippen molar-refractivity contribution < 1.29 is 38.0 Å². The van der Waals surface area contributed by atoms with Gasteiger partial charge in [-0.15, -0.1) is 4.68 Å². The Balaban J connectivity index is 0.00000208. The average molecular weight is 437 g/mol. The minimum Gasteiger partial charge on any atom is -1.00 e. The maximum Gasteiger partial charge on any atom is 0.309 e. The summed E-state index contributed by atoms with van der Waals surface area (Å²) in [6.07, 6.45) is 0. The predicted octanol–water partition coefficient (Wildman–Crippen LogP) is -0.400. The lowest BCUT2D eigenvalue weighted by molar-refractivity contribution is -0.649. The van der Waals surface area contributed by atoms with Crippen molar-refractivity contribution in [3.8, 4) is 34.3 Å². The van der Waals surface area contributed by atoms with E-state index in [1.165, 1.54) is 0 Å². The largest absolute Gasteiger partial charge is 1.00 e. The summed E-state index contributed by atoms with van der Waals surface area (Å²) < 4.78 is 14.4. The van der Waals surface area contributed by atoms with E-state index in [9.17, 15) is 0 Å². The zero-order valence-corrected chi connectivity index (χ0v) is 16.3.